The smallest absolute Gasteiger partial charge is 0.335 e. The summed E-state index contributed by atoms with van der Waals surface area (Å²) in [4.78, 5) is 16.1. The van der Waals surface area contributed by atoms with Crippen molar-refractivity contribution in [3.8, 4) is 5.75 Å². The Morgan fingerprint density at radius 1 is 1.33 bits per heavy atom. The van der Waals surface area contributed by atoms with Gasteiger partial charge in [0.15, 0.2) is 0 Å². The Morgan fingerprint density at radius 2 is 2.00 bits per heavy atom. The molecule has 0 aliphatic rings. The Morgan fingerprint density at radius 3 is 2.50 bits per heavy atom. The molecule has 0 fully saturated rings. The molecule has 0 amide bonds. The molecule has 2 aromatic rings. The quantitative estimate of drug-likeness (QED) is 0.921. The maximum Gasteiger partial charge on any atom is 0.335 e. The molecule has 0 saturated carbocycles. The molecule has 0 radical (unpaired) electrons. The van der Waals surface area contributed by atoms with Gasteiger partial charge in [0, 0.05) is 0 Å². The van der Waals surface area contributed by atoms with E-state index >= 15 is 0 Å². The van der Waals surface area contributed by atoms with Crippen LogP contribution in [0.1, 0.15) is 25.9 Å². The average molecular weight is 263 g/mol. The van der Waals surface area contributed by atoms with Crippen molar-refractivity contribution in [2.45, 2.75) is 20.5 Å². The molecule has 1 N–H and O–H groups in total. The third-order valence-electron chi connectivity index (χ3n) is 2.47. The Bertz CT molecular complexity index is 560. The van der Waals surface area contributed by atoms with Crippen LogP contribution in [0, 0.1) is 13.8 Å². The van der Waals surface area contributed by atoms with Crippen LogP contribution in [0.5, 0.6) is 5.75 Å². The zero-order chi connectivity index (χ0) is 13.1. The van der Waals surface area contributed by atoms with Crippen LogP contribution in [-0.4, -0.2) is 16.1 Å². The number of aromatic nitrogens is 1. The second-order valence-electron chi connectivity index (χ2n) is 3.86. The van der Waals surface area contributed by atoms with Gasteiger partial charge in [-0.3, -0.25) is 0 Å². The highest BCUT2D eigenvalue weighted by molar-refractivity contribution is 7.11. The number of carboxylic acids is 1. The molecule has 0 aliphatic carbocycles. The normalized spacial score (nSPS) is 10.3. The number of nitrogens with zero attached hydrogens (tertiary/aromatic N) is 1. The number of carboxylic acid groups (broad SMARTS) is 1. The summed E-state index contributed by atoms with van der Waals surface area (Å²) >= 11 is 1.61. The topological polar surface area (TPSA) is 59.4 Å². The molecular formula is C13H13NO3S. The van der Waals surface area contributed by atoms with E-state index in [-0.39, 0.29) is 5.56 Å². The van der Waals surface area contributed by atoms with Gasteiger partial charge in [0.25, 0.3) is 0 Å². The van der Waals surface area contributed by atoms with E-state index in [2.05, 4.69) is 4.98 Å². The first-order valence-electron chi connectivity index (χ1n) is 5.45. The molecule has 2 rings (SSSR count). The molecule has 18 heavy (non-hydrogen) atoms. The Hall–Kier alpha value is -1.88. The summed E-state index contributed by atoms with van der Waals surface area (Å²) in [6.07, 6.45) is 0. The van der Waals surface area contributed by atoms with Crippen LogP contribution in [0.25, 0.3) is 0 Å². The number of aryl methyl sites for hydroxylation is 2. The Labute approximate surface area is 109 Å². The molecule has 4 nitrogen and oxygen atoms in total. The van der Waals surface area contributed by atoms with Crippen molar-refractivity contribution in [1.82, 2.24) is 4.98 Å². The molecule has 0 bridgehead atoms. The van der Waals surface area contributed by atoms with Crippen LogP contribution in [0.3, 0.4) is 0 Å². The van der Waals surface area contributed by atoms with Crippen LogP contribution in [-0.2, 0) is 6.61 Å². The maximum absolute atomic E-state index is 10.7. The van der Waals surface area contributed by atoms with Crippen molar-refractivity contribution in [1.29, 1.82) is 0 Å². The molecule has 0 aliphatic heterocycles. The minimum atomic E-state index is -0.935. The first-order chi connectivity index (χ1) is 8.56. The van der Waals surface area contributed by atoms with E-state index < -0.39 is 5.97 Å². The molecule has 94 valence electrons. The van der Waals surface area contributed by atoms with E-state index in [4.69, 9.17) is 9.84 Å². The highest BCUT2D eigenvalue weighted by Crippen LogP contribution is 2.20. The predicted octanol–water partition coefficient (Wildman–Crippen LogP) is 3.04. The van der Waals surface area contributed by atoms with Crippen LogP contribution >= 0.6 is 11.3 Å². The number of thiazole rings is 1. The highest BCUT2D eigenvalue weighted by Gasteiger charge is 2.06. The number of hydrogen-bond donors (Lipinski definition) is 1. The van der Waals surface area contributed by atoms with E-state index in [1.807, 2.05) is 13.8 Å². The minimum Gasteiger partial charge on any atom is -0.488 e. The number of hydrogen-bond acceptors (Lipinski definition) is 4. The van der Waals surface area contributed by atoms with Crippen LogP contribution < -0.4 is 4.74 Å². The van der Waals surface area contributed by atoms with E-state index in [9.17, 15) is 4.79 Å². The average Bonchev–Trinajstić information content (AvgIpc) is 2.66. The van der Waals surface area contributed by atoms with Gasteiger partial charge in [-0.05, 0) is 38.1 Å². The van der Waals surface area contributed by atoms with Crippen molar-refractivity contribution in [3.63, 3.8) is 0 Å². The third-order valence-corrected chi connectivity index (χ3v) is 3.52. The SMILES string of the molecule is Cc1nc(C)c(COc2ccc(C(=O)O)cc2)s1. The second kappa shape index (κ2) is 5.18. The van der Waals surface area contributed by atoms with Crippen LogP contribution in [0.2, 0.25) is 0 Å². The fourth-order valence-electron chi connectivity index (χ4n) is 1.55. The molecule has 0 saturated heterocycles. The number of benzene rings is 1. The Balaban J connectivity index is 2.02. The molecule has 1 heterocycles. The van der Waals surface area contributed by atoms with Crippen LogP contribution in [0.4, 0.5) is 0 Å². The molecule has 0 atom stereocenters. The molecule has 1 aromatic heterocycles. The van der Waals surface area contributed by atoms with Gasteiger partial charge in [-0.1, -0.05) is 0 Å². The standard InChI is InChI=1S/C13H13NO3S/c1-8-12(18-9(2)14-8)7-17-11-5-3-10(4-6-11)13(15)16/h3-6H,7H2,1-2H3,(H,15,16). The van der Waals surface area contributed by atoms with Gasteiger partial charge >= 0.3 is 5.97 Å². The lowest BCUT2D eigenvalue weighted by Gasteiger charge is -2.05. The number of ether oxygens (including phenoxy) is 1. The van der Waals surface area contributed by atoms with Crippen molar-refractivity contribution < 1.29 is 14.6 Å². The highest BCUT2D eigenvalue weighted by atomic mass is 32.1. The lowest BCUT2D eigenvalue weighted by atomic mass is 10.2. The predicted molar refractivity (Wildman–Crippen MR) is 69.3 cm³/mol. The van der Waals surface area contributed by atoms with Crippen LogP contribution in [0.15, 0.2) is 24.3 Å². The number of rotatable bonds is 4. The van der Waals surface area contributed by atoms with E-state index in [1.165, 1.54) is 12.1 Å². The summed E-state index contributed by atoms with van der Waals surface area (Å²) in [5.41, 5.74) is 1.24. The Kier molecular flexibility index (Phi) is 3.62. The minimum absolute atomic E-state index is 0.257. The number of aromatic carboxylic acids is 1. The van der Waals surface area contributed by atoms with Gasteiger partial charge in [-0.2, -0.15) is 0 Å². The molecule has 0 spiro atoms. The van der Waals surface area contributed by atoms with Crippen molar-refractivity contribution in [2.75, 3.05) is 0 Å². The fourth-order valence-corrected chi connectivity index (χ4v) is 2.40. The molecule has 0 unspecified atom stereocenters. The van der Waals surface area contributed by atoms with Gasteiger partial charge in [-0.15, -0.1) is 11.3 Å². The summed E-state index contributed by atoms with van der Waals surface area (Å²) in [5.74, 6) is -0.277. The lowest BCUT2D eigenvalue weighted by Crippen LogP contribution is -1.97. The molecular weight excluding hydrogens is 250 g/mol. The summed E-state index contributed by atoms with van der Waals surface area (Å²) in [5, 5.41) is 9.80. The summed E-state index contributed by atoms with van der Waals surface area (Å²) in [6.45, 7) is 4.38. The van der Waals surface area contributed by atoms with Gasteiger partial charge in [0.1, 0.15) is 12.4 Å². The van der Waals surface area contributed by atoms with Crippen molar-refractivity contribution in [3.05, 3.63) is 45.4 Å². The van der Waals surface area contributed by atoms with E-state index in [0.29, 0.717) is 12.4 Å². The van der Waals surface area contributed by atoms with Gasteiger partial charge in [0.2, 0.25) is 0 Å². The summed E-state index contributed by atoms with van der Waals surface area (Å²) in [7, 11) is 0. The largest absolute Gasteiger partial charge is 0.488 e. The van der Waals surface area contributed by atoms with Gasteiger partial charge in [0.05, 0.1) is 21.1 Å². The molecule has 5 heteroatoms. The fraction of sp³-hybridized carbons (Fsp3) is 0.231. The zero-order valence-corrected chi connectivity index (χ0v) is 11.0. The van der Waals surface area contributed by atoms with Gasteiger partial charge in [-0.25, -0.2) is 9.78 Å². The van der Waals surface area contributed by atoms with Crippen molar-refractivity contribution >= 4 is 17.3 Å². The number of carbonyl (C=O) groups is 1. The maximum atomic E-state index is 10.7. The first-order valence-corrected chi connectivity index (χ1v) is 6.27. The second-order valence-corrected chi connectivity index (χ2v) is 5.15. The lowest BCUT2D eigenvalue weighted by molar-refractivity contribution is 0.0697. The monoisotopic (exact) mass is 263 g/mol. The first kappa shape index (κ1) is 12.6. The van der Waals surface area contributed by atoms with E-state index in [0.717, 1.165) is 15.6 Å². The summed E-state index contributed by atoms with van der Waals surface area (Å²) < 4.78 is 5.60. The van der Waals surface area contributed by atoms with Gasteiger partial charge < -0.3 is 9.84 Å². The zero-order valence-electron chi connectivity index (χ0n) is 10.1. The third kappa shape index (κ3) is 2.87. The molecule has 1 aromatic carbocycles. The summed E-state index contributed by atoms with van der Waals surface area (Å²) in [6, 6.07) is 6.38. The van der Waals surface area contributed by atoms with E-state index in [1.54, 1.807) is 23.5 Å². The van der Waals surface area contributed by atoms with Crippen molar-refractivity contribution in [2.24, 2.45) is 0 Å².